The van der Waals surface area contributed by atoms with Crippen LogP contribution >= 0.6 is 11.3 Å². The summed E-state index contributed by atoms with van der Waals surface area (Å²) in [7, 11) is -4.61. The fourth-order valence-corrected chi connectivity index (χ4v) is 5.81. The Labute approximate surface area is 257 Å². The molecule has 1 heterocycles. The van der Waals surface area contributed by atoms with Crippen molar-refractivity contribution in [3.63, 3.8) is 0 Å². The van der Waals surface area contributed by atoms with E-state index in [1.165, 1.54) is 35.6 Å². The Bertz CT molecular complexity index is 1900. The number of hydrogen-bond acceptors (Lipinski definition) is 14. The molecule has 0 aliphatic carbocycles. The third-order valence-corrected chi connectivity index (χ3v) is 8.38. The molecule has 1 unspecified atom stereocenters. The largest absolute Gasteiger partial charge is 0.505 e. The van der Waals surface area contributed by atoms with Gasteiger partial charge >= 0.3 is 10.4 Å². The van der Waals surface area contributed by atoms with Gasteiger partial charge in [0.2, 0.25) is 5.13 Å². The molecule has 0 bridgehead atoms. The van der Waals surface area contributed by atoms with E-state index in [0.717, 1.165) is 10.2 Å². The monoisotopic (exact) mass is 660 g/mol. The molecule has 5 rings (SSSR count). The minimum Gasteiger partial charge on any atom is -0.505 e. The molecular weight excluding hydrogens is 637 g/mol. The third-order valence-electron chi connectivity index (χ3n) is 5.94. The van der Waals surface area contributed by atoms with E-state index in [2.05, 4.69) is 29.8 Å². The summed E-state index contributed by atoms with van der Waals surface area (Å²) >= 11 is -0.513. The van der Waals surface area contributed by atoms with Crippen LogP contribution in [0.3, 0.4) is 0 Å². The quantitative estimate of drug-likeness (QED) is 0.0359. The number of anilines is 1. The Morgan fingerprint density at radius 2 is 1.77 bits per heavy atom. The molecule has 44 heavy (non-hydrogen) atoms. The molecule has 5 aromatic rings. The second-order valence-corrected chi connectivity index (χ2v) is 12.2. The van der Waals surface area contributed by atoms with E-state index >= 15 is 0 Å². The van der Waals surface area contributed by atoms with Gasteiger partial charge in [-0.05, 0) is 59.5 Å². The Balaban J connectivity index is 1.33. The molecule has 14 nitrogen and oxygen atoms in total. The van der Waals surface area contributed by atoms with Crippen LogP contribution in [0.25, 0.3) is 21.0 Å². The average Bonchev–Trinajstić information content (AvgIpc) is 3.42. The lowest BCUT2D eigenvalue weighted by atomic mass is 10.0. The summed E-state index contributed by atoms with van der Waals surface area (Å²) in [6, 6.07) is 20.6. The second kappa shape index (κ2) is 14.2. The smallest absolute Gasteiger partial charge is 0.397 e. The topological polar surface area (TPSA) is 198 Å². The van der Waals surface area contributed by atoms with Gasteiger partial charge in [0.1, 0.15) is 24.7 Å². The highest BCUT2D eigenvalue weighted by Crippen LogP contribution is 2.40. The molecule has 0 aliphatic heterocycles. The minimum atomic E-state index is -4.61. The van der Waals surface area contributed by atoms with E-state index in [1.54, 1.807) is 24.3 Å². The zero-order valence-electron chi connectivity index (χ0n) is 22.5. The van der Waals surface area contributed by atoms with Crippen molar-refractivity contribution in [2.75, 3.05) is 18.7 Å². The van der Waals surface area contributed by atoms with Gasteiger partial charge in [0.15, 0.2) is 11.1 Å². The maximum atomic E-state index is 12.3. The number of thiazole rings is 1. The van der Waals surface area contributed by atoms with E-state index in [1.807, 2.05) is 24.3 Å². The Morgan fingerprint density at radius 1 is 0.977 bits per heavy atom. The summed E-state index contributed by atoms with van der Waals surface area (Å²) in [5.41, 5.74) is 5.28. The van der Waals surface area contributed by atoms with Gasteiger partial charge in [-0.3, -0.25) is 18.8 Å². The van der Waals surface area contributed by atoms with E-state index in [0.29, 0.717) is 32.7 Å². The first-order valence-corrected chi connectivity index (χ1v) is 15.9. The van der Waals surface area contributed by atoms with Crippen LogP contribution in [0.2, 0.25) is 0 Å². The first kappa shape index (κ1) is 31.5. The summed E-state index contributed by atoms with van der Waals surface area (Å²) in [5, 5.41) is 30.4. The molecule has 17 heteroatoms. The van der Waals surface area contributed by atoms with E-state index < -0.39 is 28.1 Å². The Hall–Kier alpha value is -3.91. The number of azo groups is 1. The van der Waals surface area contributed by atoms with Crippen LogP contribution in [0.1, 0.15) is 11.1 Å². The van der Waals surface area contributed by atoms with Crippen LogP contribution in [-0.4, -0.2) is 45.7 Å². The number of para-hydroxylation sites is 1. The maximum absolute atomic E-state index is 12.3. The number of aromatic nitrogens is 1. The fraction of sp³-hybridized carbons (Fsp3) is 0.148. The molecule has 0 saturated heterocycles. The van der Waals surface area contributed by atoms with Crippen molar-refractivity contribution in [2.24, 2.45) is 10.2 Å². The molecule has 0 spiro atoms. The highest BCUT2D eigenvalue weighted by atomic mass is 32.3. The van der Waals surface area contributed by atoms with Crippen molar-refractivity contribution in [3.8, 4) is 5.75 Å². The third kappa shape index (κ3) is 8.17. The molecular formula is C27H24N4O10S3. The number of phenols is 1. The number of hydrogen-bond donors (Lipinski definition) is 4. The summed E-state index contributed by atoms with van der Waals surface area (Å²) in [4.78, 5) is 14.7. The zero-order chi connectivity index (χ0) is 31.1. The second-order valence-electron chi connectivity index (χ2n) is 8.94. The van der Waals surface area contributed by atoms with Gasteiger partial charge in [-0.1, -0.05) is 35.6 Å². The minimum absolute atomic E-state index is 0.0380. The van der Waals surface area contributed by atoms with Gasteiger partial charge < -0.3 is 5.11 Å². The van der Waals surface area contributed by atoms with Crippen molar-refractivity contribution >= 4 is 70.3 Å². The molecule has 0 radical (unpaired) electrons. The lowest BCUT2D eigenvalue weighted by Gasteiger charge is -2.12. The molecule has 230 valence electrons. The van der Waals surface area contributed by atoms with Gasteiger partial charge in [-0.15, -0.1) is 5.11 Å². The van der Waals surface area contributed by atoms with E-state index in [-0.39, 0.29) is 36.2 Å². The lowest BCUT2D eigenvalue weighted by molar-refractivity contribution is -0.252. The number of nitrogens with one attached hydrogen (secondary N) is 1. The molecule has 4 aromatic carbocycles. The number of phenolic OH excluding ortho intramolecular Hbond substituents is 1. The normalized spacial score (nSPS) is 12.8. The van der Waals surface area contributed by atoms with Gasteiger partial charge in [0.25, 0.3) is 0 Å². The molecule has 0 saturated carbocycles. The number of rotatable bonds is 14. The van der Waals surface area contributed by atoms with Crippen LogP contribution in [-0.2, 0) is 52.8 Å². The zero-order valence-corrected chi connectivity index (χ0v) is 25.0. The van der Waals surface area contributed by atoms with Crippen molar-refractivity contribution < 1.29 is 45.6 Å². The van der Waals surface area contributed by atoms with Gasteiger partial charge in [0.05, 0.1) is 34.0 Å². The van der Waals surface area contributed by atoms with Crippen molar-refractivity contribution in [2.45, 2.75) is 18.1 Å². The number of nitrogens with zero attached hydrogens (tertiary/aromatic N) is 3. The van der Waals surface area contributed by atoms with Crippen LogP contribution in [0, 0.1) is 0 Å². The SMILES string of the molecule is O=S(OCCOS(=O)(=O)O)c1ccc(N=Nc2c(O)c(CONc3nc4ccccc4s3)cc3cc(COO)ccc23)cc1. The maximum Gasteiger partial charge on any atom is 0.397 e. The molecule has 1 atom stereocenters. The van der Waals surface area contributed by atoms with Crippen molar-refractivity contribution in [1.82, 2.24) is 4.98 Å². The van der Waals surface area contributed by atoms with E-state index in [4.69, 9.17) is 18.8 Å². The lowest BCUT2D eigenvalue weighted by Crippen LogP contribution is -2.11. The van der Waals surface area contributed by atoms with Crippen molar-refractivity contribution in [3.05, 3.63) is 83.9 Å². The molecule has 0 aliphatic rings. The summed E-state index contributed by atoms with van der Waals surface area (Å²) in [6.45, 7) is -0.937. The summed E-state index contributed by atoms with van der Waals surface area (Å²) < 4.78 is 52.1. The van der Waals surface area contributed by atoms with Gasteiger partial charge in [-0.2, -0.15) is 13.5 Å². The van der Waals surface area contributed by atoms with Crippen LogP contribution in [0.5, 0.6) is 5.75 Å². The number of fused-ring (bicyclic) bond motifs is 2. The average molecular weight is 661 g/mol. The highest BCUT2D eigenvalue weighted by Gasteiger charge is 2.15. The highest BCUT2D eigenvalue weighted by molar-refractivity contribution is 7.81. The fourth-order valence-electron chi connectivity index (χ4n) is 4.00. The van der Waals surface area contributed by atoms with Crippen molar-refractivity contribution in [1.29, 1.82) is 0 Å². The first-order valence-electron chi connectivity index (χ1n) is 12.7. The predicted octanol–water partition coefficient (Wildman–Crippen LogP) is 5.96. The number of benzene rings is 4. The molecule has 4 N–H and O–H groups in total. The van der Waals surface area contributed by atoms with Gasteiger partial charge in [0, 0.05) is 10.9 Å². The van der Waals surface area contributed by atoms with Crippen LogP contribution < -0.4 is 5.48 Å². The summed E-state index contributed by atoms with van der Waals surface area (Å²) in [6.07, 6.45) is 0. The first-order chi connectivity index (χ1) is 21.2. The Morgan fingerprint density at radius 3 is 2.52 bits per heavy atom. The number of aromatic hydroxyl groups is 1. The Kier molecular flexibility index (Phi) is 10.2. The van der Waals surface area contributed by atoms with Crippen LogP contribution in [0.15, 0.2) is 87.9 Å². The van der Waals surface area contributed by atoms with E-state index in [9.17, 15) is 17.7 Å². The molecule has 0 amide bonds. The molecule has 1 aromatic heterocycles. The molecule has 0 fully saturated rings. The predicted molar refractivity (Wildman–Crippen MR) is 162 cm³/mol. The van der Waals surface area contributed by atoms with Crippen LogP contribution in [0.4, 0.5) is 16.5 Å². The van der Waals surface area contributed by atoms with Gasteiger partial charge in [-0.25, -0.2) is 23.7 Å². The standard InChI is InChI=1S/C27H24N4O10S3/c32-26-19(16-38-31-27-28-23-3-1-2-4-24(23)42-27)14-18-13-17(15-39-33)5-10-22(18)25(26)30-29-20-6-8-21(9-7-20)43(34)40-11-12-41-44(35,36)37/h1-10,13-14,32-33H,11-12,15-16H2,(H,28,31)(H,35,36,37). The summed E-state index contributed by atoms with van der Waals surface area (Å²) in [5.74, 6) is -0.156.